The topological polar surface area (TPSA) is 0 Å². The minimum Gasteiger partial charge on any atom is -0.0587 e. The summed E-state index contributed by atoms with van der Waals surface area (Å²) in [4.78, 5) is 0. The highest BCUT2D eigenvalue weighted by Gasteiger charge is 1.99. The molecule has 0 heteroatoms. The maximum Gasteiger partial charge on any atom is -0.0219 e. The molecular weight excluding hydrogens is 228 g/mol. The van der Waals surface area contributed by atoms with E-state index in [-0.39, 0.29) is 0 Å². The number of aryl methyl sites for hydroxylation is 1. The summed E-state index contributed by atoms with van der Waals surface area (Å²) in [5, 5.41) is 0. The normalized spacial score (nSPS) is 11.9. The Hall–Kier alpha value is -1.82. The van der Waals surface area contributed by atoms with Crippen LogP contribution in [0.4, 0.5) is 0 Å². The summed E-state index contributed by atoms with van der Waals surface area (Å²) >= 11 is 0. The lowest BCUT2D eigenvalue weighted by Gasteiger charge is -2.06. The van der Waals surface area contributed by atoms with Crippen molar-refractivity contribution in [3.63, 3.8) is 0 Å². The number of benzene rings is 2. The van der Waals surface area contributed by atoms with Gasteiger partial charge in [0.25, 0.3) is 0 Å². The first-order valence-corrected chi connectivity index (χ1v) is 6.91. The molecule has 0 fully saturated rings. The van der Waals surface area contributed by atoms with Gasteiger partial charge in [0.1, 0.15) is 0 Å². The van der Waals surface area contributed by atoms with Crippen LogP contribution in [0.5, 0.6) is 0 Å². The highest BCUT2D eigenvalue weighted by molar-refractivity contribution is 5.80. The van der Waals surface area contributed by atoms with Gasteiger partial charge in [0.05, 0.1) is 0 Å². The van der Waals surface area contributed by atoms with E-state index in [9.17, 15) is 0 Å². The molecule has 0 aromatic heterocycles. The lowest BCUT2D eigenvalue weighted by Crippen LogP contribution is -1.86. The first-order chi connectivity index (χ1) is 9.06. The number of allylic oxidation sites excluding steroid dienone is 1. The van der Waals surface area contributed by atoms with Crippen LogP contribution >= 0.6 is 0 Å². The molecule has 0 amide bonds. The number of hydrogen-bond donors (Lipinski definition) is 0. The Bertz CT molecular complexity index is 554. The van der Waals surface area contributed by atoms with Crippen molar-refractivity contribution in [2.45, 2.75) is 33.6 Å². The van der Waals surface area contributed by atoms with Gasteiger partial charge >= 0.3 is 0 Å². The Kier molecular flexibility index (Phi) is 4.21. The van der Waals surface area contributed by atoms with Crippen LogP contribution < -0.4 is 0 Å². The van der Waals surface area contributed by atoms with Crippen LogP contribution in [0.3, 0.4) is 0 Å². The van der Waals surface area contributed by atoms with Gasteiger partial charge in [-0.05, 0) is 42.0 Å². The van der Waals surface area contributed by atoms with Crippen molar-refractivity contribution in [1.29, 1.82) is 0 Å². The van der Waals surface area contributed by atoms with Crippen molar-refractivity contribution in [2.75, 3.05) is 0 Å². The summed E-state index contributed by atoms with van der Waals surface area (Å²) in [6.45, 7) is 8.74. The SMILES string of the molecule is C/C(=C/c1ccc(C(C)C)cc1)c1ccc(C)cc1. The van der Waals surface area contributed by atoms with Gasteiger partial charge in [-0.2, -0.15) is 0 Å². The molecule has 0 saturated heterocycles. The van der Waals surface area contributed by atoms with Crippen LogP contribution in [0.15, 0.2) is 48.5 Å². The van der Waals surface area contributed by atoms with Crippen LogP contribution in [-0.4, -0.2) is 0 Å². The Labute approximate surface area is 116 Å². The molecule has 0 heterocycles. The van der Waals surface area contributed by atoms with Crippen molar-refractivity contribution in [1.82, 2.24) is 0 Å². The molecule has 0 N–H and O–H groups in total. The second-order valence-corrected chi connectivity index (χ2v) is 5.51. The van der Waals surface area contributed by atoms with Gasteiger partial charge in [0.15, 0.2) is 0 Å². The van der Waals surface area contributed by atoms with Gasteiger partial charge in [-0.3, -0.25) is 0 Å². The molecule has 0 bridgehead atoms. The Morgan fingerprint density at radius 3 is 2.00 bits per heavy atom. The van der Waals surface area contributed by atoms with Crippen molar-refractivity contribution >= 4 is 11.6 Å². The van der Waals surface area contributed by atoms with E-state index in [0.717, 1.165) is 0 Å². The lowest BCUT2D eigenvalue weighted by atomic mass is 9.99. The Balaban J connectivity index is 2.22. The van der Waals surface area contributed by atoms with E-state index in [2.05, 4.69) is 82.3 Å². The third-order valence-corrected chi connectivity index (χ3v) is 3.49. The van der Waals surface area contributed by atoms with E-state index < -0.39 is 0 Å². The Morgan fingerprint density at radius 1 is 0.895 bits per heavy atom. The zero-order chi connectivity index (χ0) is 13.8. The van der Waals surface area contributed by atoms with E-state index >= 15 is 0 Å². The minimum absolute atomic E-state index is 0.594. The average molecular weight is 250 g/mol. The molecule has 98 valence electrons. The average Bonchev–Trinajstić information content (AvgIpc) is 2.40. The van der Waals surface area contributed by atoms with Crippen molar-refractivity contribution in [3.05, 3.63) is 70.8 Å². The standard InChI is InChI=1S/C19H22/c1-14(2)18-11-7-17(8-12-18)13-16(4)19-9-5-15(3)6-10-19/h5-14H,1-4H3/b16-13-. The molecule has 0 saturated carbocycles. The fraction of sp³-hybridized carbons (Fsp3) is 0.263. The van der Waals surface area contributed by atoms with Crippen LogP contribution in [0.25, 0.3) is 11.6 Å². The van der Waals surface area contributed by atoms with Gasteiger partial charge in [-0.15, -0.1) is 0 Å². The largest absolute Gasteiger partial charge is 0.0587 e. The summed E-state index contributed by atoms with van der Waals surface area (Å²) in [5.74, 6) is 0.594. The highest BCUT2D eigenvalue weighted by Crippen LogP contribution is 2.20. The molecule has 0 aliphatic rings. The summed E-state index contributed by atoms with van der Waals surface area (Å²) in [7, 11) is 0. The second kappa shape index (κ2) is 5.88. The molecule has 2 rings (SSSR count). The third kappa shape index (κ3) is 3.57. The summed E-state index contributed by atoms with van der Waals surface area (Å²) in [5.41, 5.74) is 6.56. The van der Waals surface area contributed by atoms with E-state index in [1.165, 1.54) is 27.8 Å². The predicted molar refractivity (Wildman–Crippen MR) is 85.3 cm³/mol. The first kappa shape index (κ1) is 13.6. The van der Waals surface area contributed by atoms with Crippen molar-refractivity contribution in [2.24, 2.45) is 0 Å². The van der Waals surface area contributed by atoms with Crippen LogP contribution in [0, 0.1) is 6.92 Å². The van der Waals surface area contributed by atoms with Gasteiger partial charge in [0, 0.05) is 0 Å². The zero-order valence-corrected chi connectivity index (χ0v) is 12.3. The van der Waals surface area contributed by atoms with Crippen molar-refractivity contribution in [3.8, 4) is 0 Å². The molecule has 0 radical (unpaired) electrons. The summed E-state index contributed by atoms with van der Waals surface area (Å²) in [6.07, 6.45) is 2.24. The van der Waals surface area contributed by atoms with Crippen LogP contribution in [0.1, 0.15) is 48.9 Å². The van der Waals surface area contributed by atoms with Crippen LogP contribution in [0.2, 0.25) is 0 Å². The van der Waals surface area contributed by atoms with E-state index in [4.69, 9.17) is 0 Å². The maximum absolute atomic E-state index is 2.24. The molecule has 2 aromatic carbocycles. The smallest absolute Gasteiger partial charge is 0.0219 e. The molecule has 0 spiro atoms. The van der Waals surface area contributed by atoms with Crippen LogP contribution in [-0.2, 0) is 0 Å². The molecule has 0 aliphatic carbocycles. The molecule has 19 heavy (non-hydrogen) atoms. The Morgan fingerprint density at radius 2 is 1.47 bits per heavy atom. The van der Waals surface area contributed by atoms with Crippen molar-refractivity contribution < 1.29 is 0 Å². The minimum atomic E-state index is 0.594. The van der Waals surface area contributed by atoms with Gasteiger partial charge in [0.2, 0.25) is 0 Å². The van der Waals surface area contributed by atoms with E-state index in [1.807, 2.05) is 0 Å². The molecular formula is C19H22. The highest BCUT2D eigenvalue weighted by atomic mass is 14.0. The van der Waals surface area contributed by atoms with E-state index in [1.54, 1.807) is 0 Å². The monoisotopic (exact) mass is 250 g/mol. The third-order valence-electron chi connectivity index (χ3n) is 3.49. The van der Waals surface area contributed by atoms with Gasteiger partial charge in [-0.1, -0.05) is 74.0 Å². The fourth-order valence-corrected chi connectivity index (χ4v) is 2.13. The summed E-state index contributed by atoms with van der Waals surface area (Å²) in [6, 6.07) is 17.5. The summed E-state index contributed by atoms with van der Waals surface area (Å²) < 4.78 is 0. The fourth-order valence-electron chi connectivity index (χ4n) is 2.13. The molecule has 0 atom stereocenters. The number of rotatable bonds is 3. The molecule has 0 nitrogen and oxygen atoms in total. The molecule has 0 unspecified atom stereocenters. The zero-order valence-electron chi connectivity index (χ0n) is 12.3. The second-order valence-electron chi connectivity index (χ2n) is 5.51. The van der Waals surface area contributed by atoms with E-state index in [0.29, 0.717) is 5.92 Å². The first-order valence-electron chi connectivity index (χ1n) is 6.91. The predicted octanol–water partition coefficient (Wildman–Crippen LogP) is 5.68. The quantitative estimate of drug-likeness (QED) is 0.615. The maximum atomic E-state index is 2.24. The lowest BCUT2D eigenvalue weighted by molar-refractivity contribution is 0.866. The molecule has 2 aromatic rings. The number of hydrogen-bond acceptors (Lipinski definition) is 0. The molecule has 0 aliphatic heterocycles. The van der Waals surface area contributed by atoms with Gasteiger partial charge in [-0.25, -0.2) is 0 Å². The van der Waals surface area contributed by atoms with Gasteiger partial charge < -0.3 is 0 Å².